The second-order valence-corrected chi connectivity index (χ2v) is 7.93. The maximum atomic E-state index is 13.1. The molecule has 11 heteroatoms. The molecular formula is C18H13ClF3NO5S. The van der Waals surface area contributed by atoms with Gasteiger partial charge in [-0.3, -0.25) is 0 Å². The van der Waals surface area contributed by atoms with Crippen LogP contribution in [0.15, 0.2) is 52.9 Å². The molecule has 2 aromatic carbocycles. The van der Waals surface area contributed by atoms with Crippen molar-refractivity contribution >= 4 is 27.6 Å². The smallest absolute Gasteiger partial charge is 0.416 e. The van der Waals surface area contributed by atoms with Crippen molar-refractivity contribution in [3.63, 3.8) is 0 Å². The van der Waals surface area contributed by atoms with Crippen molar-refractivity contribution in [2.24, 2.45) is 0 Å². The van der Waals surface area contributed by atoms with E-state index in [1.165, 1.54) is 30.3 Å². The number of anilines is 1. The molecule has 3 aromatic rings. The van der Waals surface area contributed by atoms with Crippen LogP contribution in [0, 0.1) is 0 Å². The summed E-state index contributed by atoms with van der Waals surface area (Å²) >= 11 is 5.78. The minimum atomic E-state index is -4.75. The lowest BCUT2D eigenvalue weighted by atomic mass is 10.1. The molecule has 0 atom stereocenters. The van der Waals surface area contributed by atoms with Crippen molar-refractivity contribution in [2.75, 3.05) is 5.73 Å². The summed E-state index contributed by atoms with van der Waals surface area (Å²) in [6.07, 6.45) is -4.75. The Labute approximate surface area is 168 Å². The molecule has 0 radical (unpaired) electrons. The molecule has 1 aromatic heterocycles. The molecular weight excluding hydrogens is 435 g/mol. The SMILES string of the molecule is Nc1oc(-c2ccc(Cl)cc2)c(O)c1OS(=O)(=O)Cc1ccccc1C(F)(F)F. The molecule has 1 heterocycles. The van der Waals surface area contributed by atoms with Crippen LogP contribution in [0.4, 0.5) is 19.1 Å². The standard InChI is InChI=1S/C18H13ClF3NO5S/c19-12-7-5-10(6-8-12)15-14(24)16(17(23)27-15)28-29(25,26)9-11-3-1-2-4-13(11)18(20,21)22/h1-8,24H,9,23H2. The molecule has 0 spiro atoms. The summed E-state index contributed by atoms with van der Waals surface area (Å²) in [5.74, 6) is -3.25. The second-order valence-electron chi connectivity index (χ2n) is 5.92. The second kappa shape index (κ2) is 7.53. The maximum absolute atomic E-state index is 13.1. The zero-order valence-electron chi connectivity index (χ0n) is 14.4. The van der Waals surface area contributed by atoms with Crippen LogP contribution in [0.5, 0.6) is 11.5 Å². The first kappa shape index (κ1) is 20.9. The molecule has 0 saturated carbocycles. The third kappa shape index (κ3) is 4.60. The highest BCUT2D eigenvalue weighted by molar-refractivity contribution is 7.86. The molecule has 154 valence electrons. The van der Waals surface area contributed by atoms with E-state index in [-0.39, 0.29) is 5.76 Å². The Kier molecular flexibility index (Phi) is 5.42. The van der Waals surface area contributed by atoms with Gasteiger partial charge in [0.15, 0.2) is 5.76 Å². The number of hydrogen-bond donors (Lipinski definition) is 2. The van der Waals surface area contributed by atoms with Gasteiger partial charge in [-0.05, 0) is 35.9 Å². The van der Waals surface area contributed by atoms with Crippen LogP contribution in [0.25, 0.3) is 11.3 Å². The lowest BCUT2D eigenvalue weighted by molar-refractivity contribution is -0.138. The van der Waals surface area contributed by atoms with Crippen LogP contribution >= 0.6 is 11.6 Å². The predicted molar refractivity (Wildman–Crippen MR) is 99.9 cm³/mol. The summed E-state index contributed by atoms with van der Waals surface area (Å²) in [6.45, 7) is 0. The summed E-state index contributed by atoms with van der Waals surface area (Å²) in [7, 11) is -4.61. The predicted octanol–water partition coefficient (Wildman–Crippen LogP) is 4.82. The summed E-state index contributed by atoms with van der Waals surface area (Å²) in [5, 5.41) is 10.7. The van der Waals surface area contributed by atoms with Crippen molar-refractivity contribution in [3.8, 4) is 22.8 Å². The topological polar surface area (TPSA) is 103 Å². The molecule has 0 unspecified atom stereocenters. The number of aromatic hydroxyl groups is 1. The van der Waals surface area contributed by atoms with E-state index in [0.29, 0.717) is 10.6 Å². The Morgan fingerprint density at radius 1 is 1.10 bits per heavy atom. The normalized spacial score (nSPS) is 12.1. The van der Waals surface area contributed by atoms with Crippen molar-refractivity contribution in [1.29, 1.82) is 0 Å². The summed E-state index contributed by atoms with van der Waals surface area (Å²) in [5.41, 5.74) is 4.29. The molecule has 0 aliphatic rings. The maximum Gasteiger partial charge on any atom is 0.416 e. The molecule has 0 saturated heterocycles. The van der Waals surface area contributed by atoms with Gasteiger partial charge in [-0.1, -0.05) is 29.8 Å². The quantitative estimate of drug-likeness (QED) is 0.544. The molecule has 0 amide bonds. The third-order valence-corrected chi connectivity index (χ3v) is 5.17. The molecule has 0 aliphatic carbocycles. The molecule has 0 bridgehead atoms. The van der Waals surface area contributed by atoms with Crippen molar-refractivity contribution in [1.82, 2.24) is 0 Å². The van der Waals surface area contributed by atoms with Gasteiger partial charge >= 0.3 is 16.3 Å². The fourth-order valence-corrected chi connectivity index (χ4v) is 3.80. The molecule has 29 heavy (non-hydrogen) atoms. The number of benzene rings is 2. The first-order valence-corrected chi connectivity index (χ1v) is 9.88. The number of nitrogens with two attached hydrogens (primary N) is 1. The molecule has 0 aliphatic heterocycles. The van der Waals surface area contributed by atoms with E-state index in [1.807, 2.05) is 0 Å². The minimum absolute atomic E-state index is 0.181. The van der Waals surface area contributed by atoms with Crippen LogP contribution in [0.1, 0.15) is 11.1 Å². The number of alkyl halides is 3. The van der Waals surface area contributed by atoms with Crippen LogP contribution in [0.3, 0.4) is 0 Å². The number of nitrogen functional groups attached to an aromatic ring is 1. The van der Waals surface area contributed by atoms with Gasteiger partial charge in [0.05, 0.1) is 5.56 Å². The Morgan fingerprint density at radius 3 is 2.34 bits per heavy atom. The van der Waals surface area contributed by atoms with E-state index in [0.717, 1.165) is 18.2 Å². The van der Waals surface area contributed by atoms with E-state index >= 15 is 0 Å². The van der Waals surface area contributed by atoms with Crippen molar-refractivity contribution < 1.29 is 35.3 Å². The summed E-state index contributed by atoms with van der Waals surface area (Å²) < 4.78 is 73.8. The fraction of sp³-hybridized carbons (Fsp3) is 0.111. The zero-order chi connectivity index (χ0) is 21.4. The van der Waals surface area contributed by atoms with Crippen LogP contribution < -0.4 is 9.92 Å². The monoisotopic (exact) mass is 447 g/mol. The highest BCUT2D eigenvalue weighted by Gasteiger charge is 2.35. The Balaban J connectivity index is 1.92. The van der Waals surface area contributed by atoms with Crippen molar-refractivity contribution in [3.05, 3.63) is 64.7 Å². The van der Waals surface area contributed by atoms with Crippen molar-refractivity contribution in [2.45, 2.75) is 11.9 Å². The largest absolute Gasteiger partial charge is 0.501 e. The Hall–Kier alpha value is -2.85. The first-order valence-electron chi connectivity index (χ1n) is 7.92. The highest BCUT2D eigenvalue weighted by Crippen LogP contribution is 2.45. The average molecular weight is 448 g/mol. The molecule has 3 rings (SSSR count). The van der Waals surface area contributed by atoms with Crippen LogP contribution in [0.2, 0.25) is 5.02 Å². The first-order chi connectivity index (χ1) is 13.5. The van der Waals surface area contributed by atoms with Crippen LogP contribution in [-0.4, -0.2) is 13.5 Å². The number of hydrogen-bond acceptors (Lipinski definition) is 6. The Bertz CT molecular complexity index is 1140. The van der Waals surface area contributed by atoms with Gasteiger partial charge in [0.1, 0.15) is 5.75 Å². The third-order valence-electron chi connectivity index (χ3n) is 3.84. The summed E-state index contributed by atoms with van der Waals surface area (Å²) in [6, 6.07) is 10.1. The lowest BCUT2D eigenvalue weighted by Gasteiger charge is -2.13. The highest BCUT2D eigenvalue weighted by atomic mass is 35.5. The van der Waals surface area contributed by atoms with E-state index in [9.17, 15) is 26.7 Å². The van der Waals surface area contributed by atoms with Gasteiger partial charge in [-0.15, -0.1) is 0 Å². The van der Waals surface area contributed by atoms with Gasteiger partial charge in [-0.2, -0.15) is 21.6 Å². The van der Waals surface area contributed by atoms with Gasteiger partial charge in [0, 0.05) is 10.6 Å². The number of rotatable bonds is 5. The Morgan fingerprint density at radius 2 is 1.72 bits per heavy atom. The minimum Gasteiger partial charge on any atom is -0.501 e. The van der Waals surface area contributed by atoms with Gasteiger partial charge in [0.2, 0.25) is 17.4 Å². The van der Waals surface area contributed by atoms with Gasteiger partial charge in [0.25, 0.3) is 0 Å². The summed E-state index contributed by atoms with van der Waals surface area (Å²) in [4.78, 5) is 0. The van der Waals surface area contributed by atoms with Gasteiger partial charge < -0.3 is 19.4 Å². The number of furan rings is 1. The molecule has 6 nitrogen and oxygen atoms in total. The van der Waals surface area contributed by atoms with Gasteiger partial charge in [-0.25, -0.2) is 0 Å². The van der Waals surface area contributed by atoms with E-state index in [4.69, 9.17) is 25.9 Å². The number of halogens is 4. The van der Waals surface area contributed by atoms with Crippen LogP contribution in [-0.2, 0) is 22.0 Å². The lowest BCUT2D eigenvalue weighted by Crippen LogP contribution is -2.16. The van der Waals surface area contributed by atoms with E-state index in [1.54, 1.807) is 0 Å². The van der Waals surface area contributed by atoms with E-state index in [2.05, 4.69) is 0 Å². The fourth-order valence-electron chi connectivity index (χ4n) is 2.57. The molecule has 3 N–H and O–H groups in total. The average Bonchev–Trinajstić information content (AvgIpc) is 2.89. The van der Waals surface area contributed by atoms with E-state index < -0.39 is 50.6 Å². The zero-order valence-corrected chi connectivity index (χ0v) is 16.0. The molecule has 0 fully saturated rings.